The first-order valence-corrected chi connectivity index (χ1v) is 10.2. The van der Waals surface area contributed by atoms with Crippen molar-refractivity contribution >= 4 is 39.9 Å². The molecule has 30 heavy (non-hydrogen) atoms. The van der Waals surface area contributed by atoms with Crippen molar-refractivity contribution in [3.8, 4) is 22.8 Å². The number of hydrogen-bond donors (Lipinski definition) is 2. The molecule has 9 heteroatoms. The lowest BCUT2D eigenvalue weighted by atomic mass is 10.0. The van der Waals surface area contributed by atoms with Crippen LogP contribution in [0.4, 0.5) is 5.13 Å². The predicted molar refractivity (Wildman–Crippen MR) is 118 cm³/mol. The van der Waals surface area contributed by atoms with E-state index in [0.29, 0.717) is 5.13 Å². The van der Waals surface area contributed by atoms with Gasteiger partial charge in [0.15, 0.2) is 23.2 Å². The molecule has 0 saturated heterocycles. The Morgan fingerprint density at radius 3 is 2.70 bits per heavy atom. The zero-order chi connectivity index (χ0) is 21.8. The number of primary amides is 1. The number of ether oxygens (including phenoxy) is 2. The number of anilines is 1. The molecule has 0 aliphatic heterocycles. The number of rotatable bonds is 7. The molecule has 2 amide bonds. The fourth-order valence-electron chi connectivity index (χ4n) is 2.77. The van der Waals surface area contributed by atoms with Gasteiger partial charge in [-0.25, -0.2) is 4.98 Å². The molecule has 0 bridgehead atoms. The van der Waals surface area contributed by atoms with Gasteiger partial charge in [0.1, 0.15) is 0 Å². The van der Waals surface area contributed by atoms with Crippen LogP contribution in [0.5, 0.6) is 11.5 Å². The topological polar surface area (TPSA) is 104 Å². The molecule has 1 heterocycles. The van der Waals surface area contributed by atoms with E-state index in [2.05, 4.69) is 16.4 Å². The molecule has 3 rings (SSSR count). The minimum Gasteiger partial charge on any atom is -0.493 e. The average molecular weight is 446 g/mol. The summed E-state index contributed by atoms with van der Waals surface area (Å²) >= 11 is 7.54. The van der Waals surface area contributed by atoms with Crippen molar-refractivity contribution in [2.45, 2.75) is 13.8 Å². The number of carbonyl (C=O) groups is 2. The Morgan fingerprint density at radius 2 is 2.00 bits per heavy atom. The van der Waals surface area contributed by atoms with E-state index in [9.17, 15) is 9.59 Å². The fourth-order valence-corrected chi connectivity index (χ4v) is 3.74. The maximum Gasteiger partial charge on any atom is 0.257 e. The number of nitrogens with one attached hydrogen (secondary N) is 1. The summed E-state index contributed by atoms with van der Waals surface area (Å²) in [5, 5.41) is 5.24. The number of thiazole rings is 1. The van der Waals surface area contributed by atoms with E-state index in [1.54, 1.807) is 0 Å². The lowest BCUT2D eigenvalue weighted by Gasteiger charge is -2.13. The Balaban J connectivity index is 1.81. The van der Waals surface area contributed by atoms with Crippen LogP contribution >= 0.6 is 22.9 Å². The van der Waals surface area contributed by atoms with Crippen LogP contribution in [0.25, 0.3) is 11.3 Å². The van der Waals surface area contributed by atoms with E-state index in [0.717, 1.165) is 22.4 Å². The molecule has 0 aliphatic carbocycles. The van der Waals surface area contributed by atoms with Crippen LogP contribution in [-0.4, -0.2) is 30.5 Å². The second-order valence-electron chi connectivity index (χ2n) is 6.55. The number of nitrogens with two attached hydrogens (primary N) is 1. The number of aromatic nitrogens is 1. The maximum absolute atomic E-state index is 12.7. The summed E-state index contributed by atoms with van der Waals surface area (Å²) in [7, 11) is 1.40. The van der Waals surface area contributed by atoms with Crippen molar-refractivity contribution in [3.05, 3.63) is 57.4 Å². The molecule has 0 aliphatic rings. The van der Waals surface area contributed by atoms with Crippen LogP contribution in [0.15, 0.2) is 35.7 Å². The molecule has 3 aromatic rings. The largest absolute Gasteiger partial charge is 0.493 e. The second kappa shape index (κ2) is 9.15. The molecule has 0 atom stereocenters. The van der Waals surface area contributed by atoms with Gasteiger partial charge in [-0.2, -0.15) is 0 Å². The lowest BCUT2D eigenvalue weighted by Crippen LogP contribution is -2.20. The number of hydrogen-bond acceptors (Lipinski definition) is 6. The Bertz CT molecular complexity index is 1110. The highest BCUT2D eigenvalue weighted by Gasteiger charge is 2.18. The molecule has 1 aromatic heterocycles. The zero-order valence-corrected chi connectivity index (χ0v) is 18.2. The van der Waals surface area contributed by atoms with Gasteiger partial charge in [0.2, 0.25) is 0 Å². The zero-order valence-electron chi connectivity index (χ0n) is 16.6. The standard InChI is InChI=1S/C21H20ClN3O4S/c1-11-4-5-12(2)14(6-11)16-10-30-21(24-16)25-20(27)13-7-15(22)19(17(8-13)28-3)29-9-18(23)26/h4-8,10H,9H2,1-3H3,(H2,23,26)(H,24,25,27). The predicted octanol–water partition coefficient (Wildman–Crippen LogP) is 4.21. The summed E-state index contributed by atoms with van der Waals surface area (Å²) < 4.78 is 10.5. The van der Waals surface area contributed by atoms with E-state index in [1.165, 1.54) is 30.6 Å². The van der Waals surface area contributed by atoms with E-state index < -0.39 is 11.8 Å². The van der Waals surface area contributed by atoms with Gasteiger partial charge in [-0.05, 0) is 37.6 Å². The maximum atomic E-state index is 12.7. The third kappa shape index (κ3) is 4.90. The smallest absolute Gasteiger partial charge is 0.257 e. The molecule has 3 N–H and O–H groups in total. The van der Waals surface area contributed by atoms with Gasteiger partial charge in [0.25, 0.3) is 11.8 Å². The molecule has 0 fully saturated rings. The number of amides is 2. The van der Waals surface area contributed by atoms with Gasteiger partial charge in [0, 0.05) is 16.5 Å². The van der Waals surface area contributed by atoms with Crippen LogP contribution < -0.4 is 20.5 Å². The highest BCUT2D eigenvalue weighted by molar-refractivity contribution is 7.14. The highest BCUT2D eigenvalue weighted by Crippen LogP contribution is 2.37. The first-order valence-electron chi connectivity index (χ1n) is 8.91. The number of nitrogens with zero attached hydrogens (tertiary/aromatic N) is 1. The summed E-state index contributed by atoms with van der Waals surface area (Å²) in [5.74, 6) is -0.707. The van der Waals surface area contributed by atoms with Crippen LogP contribution in [-0.2, 0) is 4.79 Å². The number of carbonyl (C=O) groups excluding carboxylic acids is 2. The van der Waals surface area contributed by atoms with Crippen LogP contribution in [0, 0.1) is 13.8 Å². The number of benzene rings is 2. The van der Waals surface area contributed by atoms with Crippen LogP contribution in [0.1, 0.15) is 21.5 Å². The number of halogens is 1. The van der Waals surface area contributed by atoms with E-state index in [1.807, 2.05) is 31.4 Å². The molecule has 0 radical (unpaired) electrons. The van der Waals surface area contributed by atoms with Crippen LogP contribution in [0.2, 0.25) is 5.02 Å². The number of methoxy groups -OCH3 is 1. The molecule has 2 aromatic carbocycles. The van der Waals surface area contributed by atoms with Crippen molar-refractivity contribution in [1.29, 1.82) is 0 Å². The third-order valence-corrected chi connectivity index (χ3v) is 5.28. The Labute approximate surface area is 182 Å². The molecule has 156 valence electrons. The Morgan fingerprint density at radius 1 is 1.23 bits per heavy atom. The van der Waals surface area contributed by atoms with E-state index >= 15 is 0 Å². The van der Waals surface area contributed by atoms with Crippen molar-refractivity contribution in [1.82, 2.24) is 4.98 Å². The monoisotopic (exact) mass is 445 g/mol. The fraction of sp³-hybridized carbons (Fsp3) is 0.190. The van der Waals surface area contributed by atoms with Gasteiger partial charge in [0.05, 0.1) is 17.8 Å². The minimum atomic E-state index is -0.654. The molecule has 7 nitrogen and oxygen atoms in total. The normalized spacial score (nSPS) is 10.5. The van der Waals surface area contributed by atoms with Gasteiger partial charge in [-0.3, -0.25) is 14.9 Å². The van der Waals surface area contributed by atoms with E-state index in [-0.39, 0.29) is 28.7 Å². The number of aryl methyl sites for hydroxylation is 2. The highest BCUT2D eigenvalue weighted by atomic mass is 35.5. The average Bonchev–Trinajstić information content (AvgIpc) is 3.16. The van der Waals surface area contributed by atoms with Gasteiger partial charge >= 0.3 is 0 Å². The van der Waals surface area contributed by atoms with Gasteiger partial charge in [-0.15, -0.1) is 11.3 Å². The van der Waals surface area contributed by atoms with Crippen LogP contribution in [0.3, 0.4) is 0 Å². The third-order valence-electron chi connectivity index (χ3n) is 4.24. The van der Waals surface area contributed by atoms with Crippen molar-refractivity contribution in [3.63, 3.8) is 0 Å². The molecule has 0 saturated carbocycles. The summed E-state index contributed by atoms with van der Waals surface area (Å²) in [6.07, 6.45) is 0. The van der Waals surface area contributed by atoms with Crippen molar-refractivity contribution in [2.24, 2.45) is 5.73 Å². The summed E-state index contributed by atoms with van der Waals surface area (Å²) in [6, 6.07) is 9.04. The summed E-state index contributed by atoms with van der Waals surface area (Å²) in [4.78, 5) is 28.2. The quantitative estimate of drug-likeness (QED) is 0.567. The second-order valence-corrected chi connectivity index (χ2v) is 7.82. The first kappa shape index (κ1) is 21.6. The van der Waals surface area contributed by atoms with E-state index in [4.69, 9.17) is 26.8 Å². The molecule has 0 spiro atoms. The SMILES string of the molecule is COc1cc(C(=O)Nc2nc(-c3cc(C)ccc3C)cs2)cc(Cl)c1OCC(N)=O. The Hall–Kier alpha value is -3.10. The Kier molecular flexibility index (Phi) is 6.59. The minimum absolute atomic E-state index is 0.121. The molecular formula is C21H20ClN3O4S. The first-order chi connectivity index (χ1) is 14.3. The molecule has 0 unspecified atom stereocenters. The summed E-state index contributed by atoms with van der Waals surface area (Å²) in [6.45, 7) is 3.68. The van der Waals surface area contributed by atoms with Gasteiger partial charge in [-0.1, -0.05) is 29.3 Å². The lowest BCUT2D eigenvalue weighted by molar-refractivity contribution is -0.119. The summed E-state index contributed by atoms with van der Waals surface area (Å²) in [5.41, 5.74) is 9.40. The van der Waals surface area contributed by atoms with Crippen molar-refractivity contribution in [2.75, 3.05) is 19.0 Å². The van der Waals surface area contributed by atoms with Crippen molar-refractivity contribution < 1.29 is 19.1 Å². The molecular weight excluding hydrogens is 426 g/mol. The van der Waals surface area contributed by atoms with Gasteiger partial charge < -0.3 is 15.2 Å².